The maximum Gasteiger partial charge on any atom is 0.410 e. The van der Waals surface area contributed by atoms with Crippen LogP contribution in [0, 0.1) is 0 Å². The van der Waals surface area contributed by atoms with Crippen LogP contribution in [0.5, 0.6) is 0 Å². The van der Waals surface area contributed by atoms with E-state index in [1.54, 1.807) is 5.43 Å². The molecule has 0 aromatic carbocycles. The van der Waals surface area contributed by atoms with Crippen molar-refractivity contribution in [2.45, 2.75) is 12.2 Å². The summed E-state index contributed by atoms with van der Waals surface area (Å²) >= 11 is 0.954. The first kappa shape index (κ1) is 9.43. The molecule has 1 rings (SSSR count). The molecule has 1 aromatic rings. The van der Waals surface area contributed by atoms with Crippen molar-refractivity contribution in [2.75, 3.05) is 0 Å². The minimum Gasteiger partial charge on any atom is -0.271 e. The molecule has 1 aromatic heterocycles. The van der Waals surface area contributed by atoms with Crippen molar-refractivity contribution in [3.05, 3.63) is 17.1 Å². The predicted octanol–water partition coefficient (Wildman–Crippen LogP) is 1.21. The molecule has 0 saturated heterocycles. The van der Waals surface area contributed by atoms with Crippen molar-refractivity contribution in [1.82, 2.24) is 9.80 Å². The Balaban J connectivity index is 2.84. The van der Waals surface area contributed by atoms with E-state index in [-0.39, 0.29) is 5.69 Å². The van der Waals surface area contributed by atoms with E-state index in [9.17, 15) is 13.2 Å². The Labute approximate surface area is 70.5 Å². The quantitative estimate of drug-likeness (QED) is 0.553. The number of aromatic nitrogens is 1. The average Bonchev–Trinajstić information content (AvgIpc) is 2.38. The van der Waals surface area contributed by atoms with Gasteiger partial charge in [-0.1, -0.05) is 0 Å². The van der Waals surface area contributed by atoms with E-state index in [0.29, 0.717) is 0 Å². The van der Waals surface area contributed by atoms with Gasteiger partial charge in [-0.3, -0.25) is 5.84 Å². The number of hydrazine groups is 1. The van der Waals surface area contributed by atoms with Crippen molar-refractivity contribution in [3.63, 3.8) is 0 Å². The monoisotopic (exact) mass is 197 g/mol. The Hall–Kier alpha value is -0.660. The van der Waals surface area contributed by atoms with E-state index in [4.69, 9.17) is 5.84 Å². The van der Waals surface area contributed by atoms with Gasteiger partial charge in [0.1, 0.15) is 0 Å². The zero-order chi connectivity index (χ0) is 9.19. The molecule has 68 valence electrons. The highest BCUT2D eigenvalue weighted by molar-refractivity contribution is 7.03. The topological polar surface area (TPSA) is 50.9 Å². The molecule has 7 heteroatoms. The third-order valence-corrected chi connectivity index (χ3v) is 1.82. The number of nitrogens with one attached hydrogen (secondary N) is 1. The Morgan fingerprint density at radius 3 is 2.58 bits per heavy atom. The first-order chi connectivity index (χ1) is 5.55. The van der Waals surface area contributed by atoms with Crippen LogP contribution in [0.15, 0.2) is 11.4 Å². The Bertz CT molecular complexity index is 233. The van der Waals surface area contributed by atoms with Crippen LogP contribution in [0.3, 0.4) is 0 Å². The van der Waals surface area contributed by atoms with Gasteiger partial charge < -0.3 is 0 Å². The fourth-order valence-electron chi connectivity index (χ4n) is 0.718. The molecule has 0 amide bonds. The van der Waals surface area contributed by atoms with Crippen molar-refractivity contribution < 1.29 is 13.2 Å². The summed E-state index contributed by atoms with van der Waals surface area (Å²) in [5.41, 5.74) is 1.56. The van der Waals surface area contributed by atoms with Gasteiger partial charge in [-0.15, -0.1) is 0 Å². The molecule has 0 saturated carbocycles. The molecular weight excluding hydrogens is 191 g/mol. The number of hydrogen-bond donors (Lipinski definition) is 2. The van der Waals surface area contributed by atoms with Crippen molar-refractivity contribution in [1.29, 1.82) is 0 Å². The summed E-state index contributed by atoms with van der Waals surface area (Å²) in [7, 11) is 0. The molecule has 3 nitrogen and oxygen atoms in total. The molecule has 1 heterocycles. The molecule has 0 aliphatic carbocycles. The lowest BCUT2D eigenvalue weighted by Crippen LogP contribution is -2.38. The second kappa shape index (κ2) is 3.38. The lowest BCUT2D eigenvalue weighted by atomic mass is 10.2. The van der Waals surface area contributed by atoms with Crippen molar-refractivity contribution in [3.8, 4) is 0 Å². The minimum atomic E-state index is -4.40. The van der Waals surface area contributed by atoms with Gasteiger partial charge in [-0.2, -0.15) is 17.5 Å². The van der Waals surface area contributed by atoms with Gasteiger partial charge in [0.05, 0.1) is 5.69 Å². The highest BCUT2D eigenvalue weighted by atomic mass is 32.1. The fourth-order valence-corrected chi connectivity index (χ4v) is 1.27. The molecule has 0 aliphatic heterocycles. The first-order valence-corrected chi connectivity index (χ1v) is 3.82. The maximum absolute atomic E-state index is 12.1. The van der Waals surface area contributed by atoms with Crippen molar-refractivity contribution >= 4 is 11.5 Å². The summed E-state index contributed by atoms with van der Waals surface area (Å²) in [5.74, 6) is 4.74. The molecule has 1 atom stereocenters. The number of nitrogens with two attached hydrogens (primary N) is 1. The maximum atomic E-state index is 12.1. The lowest BCUT2D eigenvalue weighted by Gasteiger charge is -2.16. The second-order valence-electron chi connectivity index (χ2n) is 2.07. The van der Waals surface area contributed by atoms with Crippen molar-refractivity contribution in [2.24, 2.45) is 5.84 Å². The summed E-state index contributed by atoms with van der Waals surface area (Å²) in [6.45, 7) is 0. The van der Waals surface area contributed by atoms with Crippen LogP contribution in [-0.4, -0.2) is 10.5 Å². The third-order valence-electron chi connectivity index (χ3n) is 1.25. The van der Waals surface area contributed by atoms with Crippen LogP contribution in [0.1, 0.15) is 11.7 Å². The zero-order valence-corrected chi connectivity index (χ0v) is 6.62. The smallest absolute Gasteiger partial charge is 0.271 e. The summed E-state index contributed by atoms with van der Waals surface area (Å²) in [6, 6.07) is -0.591. The van der Waals surface area contributed by atoms with Crippen LogP contribution in [0.4, 0.5) is 13.2 Å². The van der Waals surface area contributed by atoms with E-state index < -0.39 is 12.2 Å². The van der Waals surface area contributed by atoms with E-state index in [2.05, 4.69) is 4.37 Å². The number of nitrogens with zero attached hydrogens (tertiary/aromatic N) is 1. The van der Waals surface area contributed by atoms with E-state index in [1.807, 2.05) is 0 Å². The summed E-state index contributed by atoms with van der Waals surface area (Å²) in [4.78, 5) is 0. The molecule has 0 radical (unpaired) electrons. The molecule has 12 heavy (non-hydrogen) atoms. The van der Waals surface area contributed by atoms with Gasteiger partial charge in [0, 0.05) is 5.38 Å². The first-order valence-electron chi connectivity index (χ1n) is 2.99. The normalized spacial score (nSPS) is 14.7. The predicted molar refractivity (Wildman–Crippen MR) is 38.2 cm³/mol. The van der Waals surface area contributed by atoms with E-state index in [1.165, 1.54) is 11.4 Å². The second-order valence-corrected chi connectivity index (χ2v) is 2.73. The summed E-state index contributed by atoms with van der Waals surface area (Å²) in [6.07, 6.45) is -4.40. The number of halogens is 3. The highest BCUT2D eigenvalue weighted by Gasteiger charge is 2.41. The molecule has 0 bridgehead atoms. The van der Waals surface area contributed by atoms with Gasteiger partial charge >= 0.3 is 6.18 Å². The third kappa shape index (κ3) is 1.93. The molecule has 1 unspecified atom stereocenters. The van der Waals surface area contributed by atoms with Crippen LogP contribution >= 0.6 is 11.5 Å². The number of hydrogen-bond acceptors (Lipinski definition) is 4. The minimum absolute atomic E-state index is 0.102. The van der Waals surface area contributed by atoms with Gasteiger partial charge in [-0.05, 0) is 17.6 Å². The van der Waals surface area contributed by atoms with Gasteiger partial charge in [0.25, 0.3) is 0 Å². The standard InChI is InChI=1S/C5H6F3N3S/c6-5(7,8)4(10-9)3-1-2-12-11-3/h1-2,4,10H,9H2. The zero-order valence-electron chi connectivity index (χ0n) is 5.80. The SMILES string of the molecule is NNC(c1ccsn1)C(F)(F)F. The van der Waals surface area contributed by atoms with Gasteiger partial charge in [-0.25, -0.2) is 5.43 Å². The van der Waals surface area contributed by atoms with E-state index >= 15 is 0 Å². The molecular formula is C5H6F3N3S. The summed E-state index contributed by atoms with van der Waals surface area (Å²) in [5, 5.41) is 1.46. The lowest BCUT2D eigenvalue weighted by molar-refractivity contribution is -0.158. The van der Waals surface area contributed by atoms with Crippen LogP contribution in [0.25, 0.3) is 0 Å². The molecule has 3 N–H and O–H groups in total. The highest BCUT2D eigenvalue weighted by Crippen LogP contribution is 2.31. The summed E-state index contributed by atoms with van der Waals surface area (Å²) < 4.78 is 39.9. The number of alkyl halides is 3. The van der Waals surface area contributed by atoms with Crippen LogP contribution in [0.2, 0.25) is 0 Å². The Morgan fingerprint density at radius 2 is 2.25 bits per heavy atom. The largest absolute Gasteiger partial charge is 0.410 e. The van der Waals surface area contributed by atoms with Crippen LogP contribution < -0.4 is 11.3 Å². The number of rotatable bonds is 2. The Morgan fingerprint density at radius 1 is 1.58 bits per heavy atom. The van der Waals surface area contributed by atoms with Crippen LogP contribution in [-0.2, 0) is 0 Å². The van der Waals surface area contributed by atoms with Gasteiger partial charge in [0.15, 0.2) is 6.04 Å². The molecule has 0 fully saturated rings. The molecule has 0 aliphatic rings. The van der Waals surface area contributed by atoms with E-state index in [0.717, 1.165) is 11.5 Å². The van der Waals surface area contributed by atoms with Gasteiger partial charge in [0.2, 0.25) is 0 Å². The fraction of sp³-hybridized carbons (Fsp3) is 0.400. The Kier molecular flexibility index (Phi) is 2.65. The average molecular weight is 197 g/mol. The molecule has 0 spiro atoms.